The number of hydrogen-bond donors (Lipinski definition) is 1. The van der Waals surface area contributed by atoms with Crippen LogP contribution in [0.1, 0.15) is 48.7 Å². The highest BCUT2D eigenvalue weighted by molar-refractivity contribution is 7.99. The first-order valence-electron chi connectivity index (χ1n) is 7.56. The second-order valence-electron chi connectivity index (χ2n) is 5.51. The van der Waals surface area contributed by atoms with E-state index in [9.17, 15) is 4.79 Å². The van der Waals surface area contributed by atoms with E-state index in [0.29, 0.717) is 22.4 Å². The number of carbonyl (C=O) groups excluding carboxylic acids is 1. The van der Waals surface area contributed by atoms with Crippen molar-refractivity contribution in [3.8, 4) is 5.88 Å². The number of aryl methyl sites for hydroxylation is 2. The van der Waals surface area contributed by atoms with Crippen LogP contribution in [0.2, 0.25) is 0 Å². The summed E-state index contributed by atoms with van der Waals surface area (Å²) in [6.07, 6.45) is 4.58. The van der Waals surface area contributed by atoms with Crippen LogP contribution in [-0.4, -0.2) is 39.8 Å². The van der Waals surface area contributed by atoms with E-state index in [1.165, 1.54) is 12.8 Å². The molecule has 1 aromatic heterocycles. The van der Waals surface area contributed by atoms with Crippen LogP contribution in [0.25, 0.3) is 0 Å². The number of amides is 1. The Morgan fingerprint density at radius 2 is 2.29 bits per heavy atom. The Balaban J connectivity index is 2.04. The minimum absolute atomic E-state index is 0.0652. The molecule has 2 unspecified atom stereocenters. The van der Waals surface area contributed by atoms with Crippen molar-refractivity contribution in [3.05, 3.63) is 11.3 Å². The van der Waals surface area contributed by atoms with Gasteiger partial charge in [-0.15, -0.1) is 0 Å². The summed E-state index contributed by atoms with van der Waals surface area (Å²) in [5, 5.41) is 8.11. The van der Waals surface area contributed by atoms with Crippen molar-refractivity contribution in [3.63, 3.8) is 0 Å². The summed E-state index contributed by atoms with van der Waals surface area (Å²) >= 11 is 2.00. The van der Waals surface area contributed by atoms with Gasteiger partial charge in [-0.2, -0.15) is 16.9 Å². The SMILES string of the molecule is CCSC1CCCC(NC(=O)c2c(C)nn(C)c2OC)C1. The van der Waals surface area contributed by atoms with E-state index in [0.717, 1.165) is 18.6 Å². The van der Waals surface area contributed by atoms with E-state index in [1.807, 2.05) is 18.7 Å². The van der Waals surface area contributed by atoms with E-state index in [-0.39, 0.29) is 11.9 Å². The number of aromatic nitrogens is 2. The van der Waals surface area contributed by atoms with Crippen molar-refractivity contribution >= 4 is 17.7 Å². The van der Waals surface area contributed by atoms with Crippen molar-refractivity contribution in [2.24, 2.45) is 7.05 Å². The van der Waals surface area contributed by atoms with Crippen LogP contribution in [0.5, 0.6) is 5.88 Å². The summed E-state index contributed by atoms with van der Waals surface area (Å²) in [6, 6.07) is 0.264. The molecule has 0 radical (unpaired) electrons. The van der Waals surface area contributed by atoms with Gasteiger partial charge in [0.05, 0.1) is 12.8 Å². The van der Waals surface area contributed by atoms with Crippen LogP contribution in [0.3, 0.4) is 0 Å². The van der Waals surface area contributed by atoms with Gasteiger partial charge in [0, 0.05) is 18.3 Å². The number of nitrogens with one attached hydrogen (secondary N) is 1. The van der Waals surface area contributed by atoms with Crippen molar-refractivity contribution < 1.29 is 9.53 Å². The van der Waals surface area contributed by atoms with Gasteiger partial charge in [0.2, 0.25) is 5.88 Å². The largest absolute Gasteiger partial charge is 0.481 e. The second kappa shape index (κ2) is 7.20. The molecule has 1 aliphatic carbocycles. The topological polar surface area (TPSA) is 56.2 Å². The van der Waals surface area contributed by atoms with Gasteiger partial charge in [-0.05, 0) is 31.9 Å². The molecule has 6 heteroatoms. The van der Waals surface area contributed by atoms with Gasteiger partial charge in [-0.25, -0.2) is 4.68 Å². The Bertz CT molecular complexity index is 499. The molecule has 21 heavy (non-hydrogen) atoms. The lowest BCUT2D eigenvalue weighted by molar-refractivity contribution is 0.0924. The number of ether oxygens (including phenoxy) is 1. The lowest BCUT2D eigenvalue weighted by atomic mass is 9.94. The number of nitrogens with zero attached hydrogens (tertiary/aromatic N) is 2. The van der Waals surface area contributed by atoms with Crippen molar-refractivity contribution in [2.75, 3.05) is 12.9 Å². The summed E-state index contributed by atoms with van der Waals surface area (Å²) in [4.78, 5) is 12.5. The Labute approximate surface area is 130 Å². The average Bonchev–Trinajstić information content (AvgIpc) is 2.73. The molecule has 1 aliphatic rings. The monoisotopic (exact) mass is 311 g/mol. The van der Waals surface area contributed by atoms with Crippen LogP contribution >= 0.6 is 11.8 Å². The summed E-state index contributed by atoms with van der Waals surface area (Å²) in [5.41, 5.74) is 1.27. The van der Waals surface area contributed by atoms with E-state index >= 15 is 0 Å². The fourth-order valence-corrected chi connectivity index (χ4v) is 4.23. The molecular formula is C15H25N3O2S. The predicted octanol–water partition coefficient (Wildman–Crippen LogP) is 2.53. The van der Waals surface area contributed by atoms with E-state index in [1.54, 1.807) is 18.8 Å². The zero-order valence-corrected chi connectivity index (χ0v) is 14.1. The normalized spacial score (nSPS) is 22.1. The first kappa shape index (κ1) is 16.2. The zero-order chi connectivity index (χ0) is 15.4. The molecule has 1 saturated carbocycles. The fraction of sp³-hybridized carbons (Fsp3) is 0.733. The molecule has 1 fully saturated rings. The van der Waals surface area contributed by atoms with Crippen LogP contribution in [0.15, 0.2) is 0 Å². The number of methoxy groups -OCH3 is 1. The van der Waals surface area contributed by atoms with Gasteiger partial charge < -0.3 is 10.1 Å². The quantitative estimate of drug-likeness (QED) is 0.908. The average molecular weight is 311 g/mol. The lowest BCUT2D eigenvalue weighted by Gasteiger charge is -2.29. The van der Waals surface area contributed by atoms with Gasteiger partial charge in [0.1, 0.15) is 5.56 Å². The first-order valence-corrected chi connectivity index (χ1v) is 8.61. The van der Waals surface area contributed by atoms with Crippen molar-refractivity contribution in [1.82, 2.24) is 15.1 Å². The molecule has 5 nitrogen and oxygen atoms in total. The highest BCUT2D eigenvalue weighted by Gasteiger charge is 2.27. The molecule has 1 aromatic rings. The third-order valence-corrected chi connectivity index (χ3v) is 5.19. The first-order chi connectivity index (χ1) is 10.1. The fourth-order valence-electron chi connectivity index (χ4n) is 3.05. The summed E-state index contributed by atoms with van der Waals surface area (Å²) in [6.45, 7) is 4.03. The number of hydrogen-bond acceptors (Lipinski definition) is 4. The van der Waals surface area contributed by atoms with Gasteiger partial charge in [0.15, 0.2) is 0 Å². The lowest BCUT2D eigenvalue weighted by Crippen LogP contribution is -2.39. The van der Waals surface area contributed by atoms with Crippen LogP contribution in [0.4, 0.5) is 0 Å². The van der Waals surface area contributed by atoms with Crippen LogP contribution in [0, 0.1) is 6.92 Å². The molecule has 0 bridgehead atoms. The van der Waals surface area contributed by atoms with Crippen LogP contribution < -0.4 is 10.1 Å². The molecule has 2 rings (SSSR count). The standard InChI is InChI=1S/C15H25N3O2S/c1-5-21-12-8-6-7-11(9-12)16-14(19)13-10(2)17-18(3)15(13)20-4/h11-12H,5-9H2,1-4H3,(H,16,19). The van der Waals surface area contributed by atoms with E-state index < -0.39 is 0 Å². The Kier molecular flexibility index (Phi) is 5.56. The molecule has 2 atom stereocenters. The third kappa shape index (κ3) is 3.73. The van der Waals surface area contributed by atoms with E-state index in [2.05, 4.69) is 17.3 Å². The van der Waals surface area contributed by atoms with Gasteiger partial charge in [-0.3, -0.25) is 4.79 Å². The molecule has 1 N–H and O–H groups in total. The summed E-state index contributed by atoms with van der Waals surface area (Å²) in [5.74, 6) is 1.60. The van der Waals surface area contributed by atoms with Crippen LogP contribution in [-0.2, 0) is 7.05 Å². The molecular weight excluding hydrogens is 286 g/mol. The molecule has 118 valence electrons. The molecule has 1 heterocycles. The third-order valence-electron chi connectivity index (χ3n) is 3.95. The van der Waals surface area contributed by atoms with Gasteiger partial charge in [0.25, 0.3) is 5.91 Å². The maximum atomic E-state index is 12.5. The van der Waals surface area contributed by atoms with Crippen molar-refractivity contribution in [2.45, 2.75) is 50.8 Å². The van der Waals surface area contributed by atoms with E-state index in [4.69, 9.17) is 4.74 Å². The zero-order valence-electron chi connectivity index (χ0n) is 13.3. The Hall–Kier alpha value is -1.17. The minimum Gasteiger partial charge on any atom is -0.481 e. The summed E-state index contributed by atoms with van der Waals surface area (Å²) < 4.78 is 6.91. The predicted molar refractivity (Wildman–Crippen MR) is 86.1 cm³/mol. The molecule has 0 saturated heterocycles. The number of thioether (sulfide) groups is 1. The van der Waals surface area contributed by atoms with Crippen molar-refractivity contribution in [1.29, 1.82) is 0 Å². The second-order valence-corrected chi connectivity index (χ2v) is 7.08. The number of carbonyl (C=O) groups is 1. The molecule has 0 spiro atoms. The minimum atomic E-state index is -0.0652. The maximum absolute atomic E-state index is 12.5. The maximum Gasteiger partial charge on any atom is 0.258 e. The van der Waals surface area contributed by atoms with Gasteiger partial charge in [-0.1, -0.05) is 13.3 Å². The Morgan fingerprint density at radius 3 is 2.95 bits per heavy atom. The summed E-state index contributed by atoms with van der Waals surface area (Å²) in [7, 11) is 3.36. The Morgan fingerprint density at radius 1 is 1.52 bits per heavy atom. The van der Waals surface area contributed by atoms with Gasteiger partial charge >= 0.3 is 0 Å². The smallest absolute Gasteiger partial charge is 0.258 e. The molecule has 0 aromatic carbocycles. The molecule has 1 amide bonds. The number of rotatable bonds is 5. The highest BCUT2D eigenvalue weighted by atomic mass is 32.2. The molecule has 0 aliphatic heterocycles. The highest BCUT2D eigenvalue weighted by Crippen LogP contribution is 2.29.